The third-order valence-corrected chi connectivity index (χ3v) is 10.8. The van der Waals surface area contributed by atoms with Gasteiger partial charge in [-0.3, -0.25) is 5.32 Å². The van der Waals surface area contributed by atoms with Crippen LogP contribution in [-0.4, -0.2) is 33.3 Å². The van der Waals surface area contributed by atoms with Crippen molar-refractivity contribution in [2.75, 3.05) is 13.3 Å². The van der Waals surface area contributed by atoms with Crippen LogP contribution in [0.25, 0.3) is 0 Å². The van der Waals surface area contributed by atoms with Gasteiger partial charge in [0, 0.05) is 6.54 Å². The van der Waals surface area contributed by atoms with Gasteiger partial charge in [-0.2, -0.15) is 0 Å². The van der Waals surface area contributed by atoms with E-state index in [1.54, 1.807) is 0 Å². The molecule has 1 fully saturated rings. The molecule has 146 valence electrons. The van der Waals surface area contributed by atoms with Crippen molar-refractivity contribution in [3.05, 3.63) is 60.7 Å². The first kappa shape index (κ1) is 20.3. The number of hydrogen-bond donors (Lipinski definition) is 1. The Bertz CT molecular complexity index is 682. The second-order valence-corrected chi connectivity index (χ2v) is 13.0. The molecule has 0 aliphatic carbocycles. The molecule has 0 saturated carbocycles. The average molecular weight is 384 g/mol. The van der Waals surface area contributed by atoms with Gasteiger partial charge in [-0.15, -0.1) is 0 Å². The van der Waals surface area contributed by atoms with Gasteiger partial charge in [-0.25, -0.2) is 0 Å². The molecule has 1 N–H and O–H groups in total. The van der Waals surface area contributed by atoms with Crippen molar-refractivity contribution in [1.82, 2.24) is 5.32 Å². The summed E-state index contributed by atoms with van der Waals surface area (Å²) in [6, 6.07) is 21.7. The zero-order valence-electron chi connectivity index (χ0n) is 17.3. The standard InChI is InChI=1S/C23H33NO2Si/c1-6-21(23(5)17-24-18-25-23)26-27(22(2,3)4,19-13-9-7-10-14-19)20-15-11-8-12-16-20/h7-16,21,24H,6,17-18H2,1-5H3/t21-,23?/m1/s1. The molecule has 2 atom stereocenters. The minimum absolute atomic E-state index is 0.0223. The molecule has 4 heteroatoms. The van der Waals surface area contributed by atoms with E-state index in [-0.39, 0.29) is 16.7 Å². The minimum atomic E-state index is -2.56. The lowest BCUT2D eigenvalue weighted by molar-refractivity contribution is -0.0642. The van der Waals surface area contributed by atoms with Crippen molar-refractivity contribution in [1.29, 1.82) is 0 Å². The monoisotopic (exact) mass is 383 g/mol. The van der Waals surface area contributed by atoms with Crippen LogP contribution in [0, 0.1) is 0 Å². The molecular weight excluding hydrogens is 350 g/mol. The Balaban J connectivity index is 2.17. The zero-order valence-corrected chi connectivity index (χ0v) is 18.3. The van der Waals surface area contributed by atoms with E-state index < -0.39 is 8.32 Å². The van der Waals surface area contributed by atoms with Crippen LogP contribution < -0.4 is 15.7 Å². The first-order valence-corrected chi connectivity index (χ1v) is 11.9. The fourth-order valence-corrected chi connectivity index (χ4v) is 9.17. The third-order valence-electron chi connectivity index (χ3n) is 5.77. The summed E-state index contributed by atoms with van der Waals surface area (Å²) < 4.78 is 13.4. The van der Waals surface area contributed by atoms with Crippen LogP contribution in [0.4, 0.5) is 0 Å². The quantitative estimate of drug-likeness (QED) is 0.772. The van der Waals surface area contributed by atoms with Crippen LogP contribution in [0.1, 0.15) is 41.0 Å². The summed E-state index contributed by atoms with van der Waals surface area (Å²) in [4.78, 5) is 0. The summed E-state index contributed by atoms with van der Waals surface area (Å²) in [5.74, 6) is 0. The van der Waals surface area contributed by atoms with Crippen LogP contribution in [0.3, 0.4) is 0 Å². The van der Waals surface area contributed by atoms with Crippen LogP contribution in [0.15, 0.2) is 60.7 Å². The van der Waals surface area contributed by atoms with Crippen LogP contribution in [0.5, 0.6) is 0 Å². The summed E-state index contributed by atoms with van der Waals surface area (Å²) in [6.07, 6.45) is 0.946. The molecular formula is C23H33NO2Si. The Morgan fingerprint density at radius 3 is 1.93 bits per heavy atom. The summed E-state index contributed by atoms with van der Waals surface area (Å²) in [5, 5.41) is 5.96. The first-order chi connectivity index (χ1) is 12.8. The fraction of sp³-hybridized carbons (Fsp3) is 0.478. The molecule has 0 radical (unpaired) electrons. The minimum Gasteiger partial charge on any atom is -0.401 e. The van der Waals surface area contributed by atoms with E-state index in [2.05, 4.69) is 101 Å². The smallest absolute Gasteiger partial charge is 0.261 e. The SMILES string of the molecule is CC[C@@H](O[Si](c1ccccc1)(c1ccccc1)C(C)(C)C)C1(C)CNCO1. The lowest BCUT2D eigenvalue weighted by atomic mass is 9.98. The van der Waals surface area contributed by atoms with Gasteiger partial charge < -0.3 is 9.16 Å². The molecule has 1 aliphatic heterocycles. The van der Waals surface area contributed by atoms with Crippen molar-refractivity contribution in [3.63, 3.8) is 0 Å². The molecule has 0 spiro atoms. The van der Waals surface area contributed by atoms with Gasteiger partial charge in [0.25, 0.3) is 8.32 Å². The molecule has 1 heterocycles. The van der Waals surface area contributed by atoms with Gasteiger partial charge >= 0.3 is 0 Å². The van der Waals surface area contributed by atoms with Crippen molar-refractivity contribution in [2.24, 2.45) is 0 Å². The maximum absolute atomic E-state index is 7.28. The van der Waals surface area contributed by atoms with Gasteiger partial charge in [-0.1, -0.05) is 88.4 Å². The summed E-state index contributed by atoms with van der Waals surface area (Å²) in [6.45, 7) is 12.8. The fourth-order valence-electron chi connectivity index (χ4n) is 4.32. The zero-order chi connectivity index (χ0) is 19.5. The highest BCUT2D eigenvalue weighted by atomic mass is 28.4. The Kier molecular flexibility index (Phi) is 5.92. The normalized spacial score (nSPS) is 22.0. The van der Waals surface area contributed by atoms with E-state index in [1.807, 2.05) is 0 Å². The summed E-state index contributed by atoms with van der Waals surface area (Å²) >= 11 is 0. The summed E-state index contributed by atoms with van der Waals surface area (Å²) in [7, 11) is -2.56. The molecule has 1 unspecified atom stereocenters. The Morgan fingerprint density at radius 1 is 1.04 bits per heavy atom. The number of nitrogens with one attached hydrogen (secondary N) is 1. The molecule has 1 saturated heterocycles. The van der Waals surface area contributed by atoms with Crippen LogP contribution in [0.2, 0.25) is 5.04 Å². The lowest BCUT2D eigenvalue weighted by Gasteiger charge is -2.47. The average Bonchev–Trinajstić information content (AvgIpc) is 3.10. The van der Waals surface area contributed by atoms with Crippen molar-refractivity contribution in [3.8, 4) is 0 Å². The molecule has 3 nitrogen and oxygen atoms in total. The molecule has 1 aliphatic rings. The molecule has 2 aromatic rings. The Hall–Kier alpha value is -1.46. The second kappa shape index (κ2) is 7.88. The van der Waals surface area contributed by atoms with Gasteiger partial charge in [0.2, 0.25) is 0 Å². The second-order valence-electron chi connectivity index (χ2n) is 8.71. The predicted octanol–water partition coefficient (Wildman–Crippen LogP) is 3.68. The first-order valence-electron chi connectivity index (χ1n) is 9.97. The van der Waals surface area contributed by atoms with Crippen molar-refractivity contribution >= 4 is 18.7 Å². The highest BCUT2D eigenvalue weighted by molar-refractivity contribution is 6.99. The maximum atomic E-state index is 7.28. The largest absolute Gasteiger partial charge is 0.401 e. The van der Waals surface area contributed by atoms with Gasteiger partial charge in [0.1, 0.15) is 5.60 Å². The molecule has 0 amide bonds. The number of rotatable bonds is 6. The van der Waals surface area contributed by atoms with Gasteiger partial charge in [0.15, 0.2) is 0 Å². The molecule has 0 aromatic heterocycles. The number of ether oxygens (including phenoxy) is 1. The predicted molar refractivity (Wildman–Crippen MR) is 115 cm³/mol. The highest BCUT2D eigenvalue weighted by Gasteiger charge is 2.53. The van der Waals surface area contributed by atoms with E-state index in [4.69, 9.17) is 9.16 Å². The number of hydrogen-bond acceptors (Lipinski definition) is 3. The molecule has 2 aromatic carbocycles. The van der Waals surface area contributed by atoms with E-state index in [0.717, 1.165) is 13.0 Å². The molecule has 3 rings (SSSR count). The highest BCUT2D eigenvalue weighted by Crippen LogP contribution is 2.39. The van der Waals surface area contributed by atoms with Crippen molar-refractivity contribution < 1.29 is 9.16 Å². The van der Waals surface area contributed by atoms with E-state index in [1.165, 1.54) is 10.4 Å². The van der Waals surface area contributed by atoms with Crippen LogP contribution >= 0.6 is 0 Å². The van der Waals surface area contributed by atoms with E-state index >= 15 is 0 Å². The molecule has 0 bridgehead atoms. The van der Waals surface area contributed by atoms with Crippen LogP contribution in [-0.2, 0) is 9.16 Å². The van der Waals surface area contributed by atoms with E-state index in [9.17, 15) is 0 Å². The Morgan fingerprint density at radius 2 is 1.56 bits per heavy atom. The van der Waals surface area contributed by atoms with Crippen molar-refractivity contribution in [2.45, 2.75) is 57.8 Å². The van der Waals surface area contributed by atoms with Gasteiger partial charge in [0.05, 0.1) is 12.8 Å². The number of benzene rings is 2. The maximum Gasteiger partial charge on any atom is 0.261 e. The van der Waals surface area contributed by atoms with Gasteiger partial charge in [-0.05, 0) is 28.8 Å². The lowest BCUT2D eigenvalue weighted by Crippen LogP contribution is -2.69. The summed E-state index contributed by atoms with van der Waals surface area (Å²) in [5.41, 5.74) is -0.304. The third kappa shape index (κ3) is 3.76. The van der Waals surface area contributed by atoms with E-state index in [0.29, 0.717) is 6.73 Å². The Labute approximate surface area is 165 Å². The molecule has 27 heavy (non-hydrogen) atoms. The topological polar surface area (TPSA) is 30.5 Å².